The van der Waals surface area contributed by atoms with Gasteiger partial charge in [-0.25, -0.2) is 0 Å². The molecule has 19 heavy (non-hydrogen) atoms. The summed E-state index contributed by atoms with van der Waals surface area (Å²) in [4.78, 5) is 14.8. The number of amides is 1. The van der Waals surface area contributed by atoms with Gasteiger partial charge in [0.05, 0.1) is 17.0 Å². The van der Waals surface area contributed by atoms with Gasteiger partial charge in [-0.1, -0.05) is 18.6 Å². The molecule has 0 aromatic rings. The molecular formula is C13H24N2O3S. The Morgan fingerprint density at radius 2 is 1.89 bits per heavy atom. The lowest BCUT2D eigenvalue weighted by Crippen LogP contribution is -2.55. The second kappa shape index (κ2) is 7.77. The molecule has 1 rings (SSSR count). The van der Waals surface area contributed by atoms with Crippen LogP contribution < -0.4 is 5.73 Å². The predicted molar refractivity (Wildman–Crippen MR) is 78.0 cm³/mol. The van der Waals surface area contributed by atoms with Crippen molar-refractivity contribution in [3.05, 3.63) is 0 Å². The Bertz CT molecular complexity index is 319. The molecule has 5 nitrogen and oxygen atoms in total. The summed E-state index contributed by atoms with van der Waals surface area (Å²) in [7, 11) is 3.29. The molecule has 0 heterocycles. The predicted octanol–water partition coefficient (Wildman–Crippen LogP) is 0.954. The van der Waals surface area contributed by atoms with Crippen molar-refractivity contribution in [1.82, 2.24) is 4.90 Å². The van der Waals surface area contributed by atoms with Gasteiger partial charge in [0.15, 0.2) is 0 Å². The molecule has 2 N–H and O–H groups in total. The number of hydrogen-bond acceptors (Lipinski definition) is 4. The molecular weight excluding hydrogens is 264 g/mol. The molecule has 0 spiro atoms. The zero-order chi connectivity index (χ0) is 14.3. The fourth-order valence-electron chi connectivity index (χ4n) is 2.31. The van der Waals surface area contributed by atoms with Crippen molar-refractivity contribution in [3.63, 3.8) is 0 Å². The zero-order valence-electron chi connectivity index (χ0n) is 11.8. The minimum absolute atomic E-state index is 0.0550. The Hall–Kier alpha value is -0.720. The largest absolute Gasteiger partial charge is 0.392 e. The van der Waals surface area contributed by atoms with Crippen LogP contribution in [-0.2, 0) is 14.3 Å². The van der Waals surface area contributed by atoms with Gasteiger partial charge in [-0.3, -0.25) is 4.79 Å². The Morgan fingerprint density at radius 1 is 1.26 bits per heavy atom. The first kappa shape index (κ1) is 16.3. The molecule has 1 amide bonds. The van der Waals surface area contributed by atoms with Gasteiger partial charge in [0.2, 0.25) is 5.91 Å². The smallest absolute Gasteiger partial charge is 0.235 e. The van der Waals surface area contributed by atoms with E-state index in [1.54, 1.807) is 19.1 Å². The van der Waals surface area contributed by atoms with Crippen molar-refractivity contribution in [2.24, 2.45) is 11.1 Å². The van der Waals surface area contributed by atoms with Crippen LogP contribution in [0.4, 0.5) is 0 Å². The van der Waals surface area contributed by atoms with Crippen molar-refractivity contribution in [1.29, 1.82) is 0 Å². The molecule has 1 aliphatic carbocycles. The summed E-state index contributed by atoms with van der Waals surface area (Å²) in [5.41, 5.74) is 5.18. The number of nitrogens with zero attached hydrogens (tertiary/aromatic N) is 1. The number of methoxy groups -OCH3 is 2. The quantitative estimate of drug-likeness (QED) is 0.505. The lowest BCUT2D eigenvalue weighted by atomic mass is 9.67. The number of carbonyl (C=O) groups excluding carboxylic acids is 1. The van der Waals surface area contributed by atoms with E-state index >= 15 is 0 Å². The molecule has 1 aliphatic rings. The van der Waals surface area contributed by atoms with Gasteiger partial charge in [-0.05, 0) is 19.3 Å². The summed E-state index contributed by atoms with van der Waals surface area (Å²) in [6.45, 7) is 2.38. The van der Waals surface area contributed by atoms with E-state index in [0.717, 1.165) is 25.7 Å². The van der Waals surface area contributed by atoms with Crippen LogP contribution in [0.1, 0.15) is 25.7 Å². The number of nitrogens with two attached hydrogens (primary N) is 1. The van der Waals surface area contributed by atoms with E-state index in [1.165, 1.54) is 0 Å². The maximum absolute atomic E-state index is 12.7. The molecule has 0 bridgehead atoms. The van der Waals surface area contributed by atoms with Crippen molar-refractivity contribution in [3.8, 4) is 0 Å². The third-order valence-corrected chi connectivity index (χ3v) is 4.11. The fraction of sp³-hybridized carbons (Fsp3) is 0.846. The second-order valence-corrected chi connectivity index (χ2v) is 5.37. The molecule has 0 aromatic carbocycles. The summed E-state index contributed by atoms with van der Waals surface area (Å²) in [6, 6.07) is 0. The SMILES string of the molecule is COCCCN(CCOC)C(=O)C1(C(N)=S)CCC1. The van der Waals surface area contributed by atoms with E-state index in [2.05, 4.69) is 0 Å². The van der Waals surface area contributed by atoms with Gasteiger partial charge in [0.25, 0.3) is 0 Å². The summed E-state index contributed by atoms with van der Waals surface area (Å²) in [5.74, 6) is 0.0550. The Labute approximate surface area is 120 Å². The maximum atomic E-state index is 12.7. The van der Waals surface area contributed by atoms with Crippen LogP contribution in [-0.4, -0.2) is 56.3 Å². The highest BCUT2D eigenvalue weighted by Crippen LogP contribution is 2.42. The number of carbonyl (C=O) groups is 1. The molecule has 0 atom stereocenters. The monoisotopic (exact) mass is 288 g/mol. The summed E-state index contributed by atoms with van der Waals surface area (Å²) in [5, 5.41) is 0. The van der Waals surface area contributed by atoms with Crippen molar-refractivity contribution in [2.45, 2.75) is 25.7 Å². The lowest BCUT2D eigenvalue weighted by molar-refractivity contribution is -0.142. The van der Waals surface area contributed by atoms with E-state index in [4.69, 9.17) is 27.4 Å². The van der Waals surface area contributed by atoms with Gasteiger partial charge in [-0.15, -0.1) is 0 Å². The molecule has 6 heteroatoms. The number of thiocarbonyl (C=S) groups is 1. The molecule has 1 saturated carbocycles. The van der Waals surface area contributed by atoms with Crippen LogP contribution in [0.15, 0.2) is 0 Å². The highest BCUT2D eigenvalue weighted by molar-refractivity contribution is 7.80. The van der Waals surface area contributed by atoms with Gasteiger partial charge in [0.1, 0.15) is 0 Å². The molecule has 110 valence electrons. The van der Waals surface area contributed by atoms with E-state index in [-0.39, 0.29) is 5.91 Å². The number of hydrogen-bond donors (Lipinski definition) is 1. The highest BCUT2D eigenvalue weighted by Gasteiger charge is 2.48. The normalized spacial score (nSPS) is 16.7. The van der Waals surface area contributed by atoms with Gasteiger partial charge in [0, 0.05) is 33.9 Å². The van der Waals surface area contributed by atoms with E-state index < -0.39 is 5.41 Å². The Morgan fingerprint density at radius 3 is 2.32 bits per heavy atom. The Balaban J connectivity index is 2.66. The fourth-order valence-corrected chi connectivity index (χ4v) is 2.61. The minimum Gasteiger partial charge on any atom is -0.392 e. The maximum Gasteiger partial charge on any atom is 0.235 e. The van der Waals surface area contributed by atoms with Crippen molar-refractivity contribution in [2.75, 3.05) is 40.5 Å². The summed E-state index contributed by atoms with van der Waals surface area (Å²) >= 11 is 5.10. The van der Waals surface area contributed by atoms with Crippen LogP contribution in [0.5, 0.6) is 0 Å². The number of ether oxygens (including phenoxy) is 2. The first-order chi connectivity index (χ1) is 9.08. The zero-order valence-corrected chi connectivity index (χ0v) is 12.6. The number of rotatable bonds is 9. The molecule has 0 saturated heterocycles. The molecule has 0 unspecified atom stereocenters. The van der Waals surface area contributed by atoms with E-state index in [9.17, 15) is 4.79 Å². The Kier molecular flexibility index (Phi) is 6.68. The average Bonchev–Trinajstić information content (AvgIpc) is 2.31. The van der Waals surface area contributed by atoms with Crippen LogP contribution in [0.2, 0.25) is 0 Å². The topological polar surface area (TPSA) is 64.8 Å². The lowest BCUT2D eigenvalue weighted by Gasteiger charge is -2.42. The summed E-state index contributed by atoms with van der Waals surface area (Å²) in [6.07, 6.45) is 3.36. The van der Waals surface area contributed by atoms with Crippen LogP contribution in [0, 0.1) is 5.41 Å². The van der Waals surface area contributed by atoms with Crippen molar-refractivity contribution >= 4 is 23.1 Å². The first-order valence-corrected chi connectivity index (χ1v) is 7.06. The van der Waals surface area contributed by atoms with Gasteiger partial charge in [-0.2, -0.15) is 0 Å². The summed E-state index contributed by atoms with van der Waals surface area (Å²) < 4.78 is 10.1. The van der Waals surface area contributed by atoms with E-state index in [1.807, 2.05) is 0 Å². The third-order valence-electron chi connectivity index (χ3n) is 3.72. The van der Waals surface area contributed by atoms with E-state index in [0.29, 0.717) is 31.3 Å². The average molecular weight is 288 g/mol. The van der Waals surface area contributed by atoms with Crippen LogP contribution in [0.3, 0.4) is 0 Å². The molecule has 1 fully saturated rings. The molecule has 0 aliphatic heterocycles. The van der Waals surface area contributed by atoms with Crippen molar-refractivity contribution < 1.29 is 14.3 Å². The van der Waals surface area contributed by atoms with Crippen LogP contribution in [0.25, 0.3) is 0 Å². The minimum atomic E-state index is -0.601. The standard InChI is InChI=1S/C13H24N2O3S/c1-17-9-4-7-15(8-10-18-2)12(16)13(11(14)19)5-3-6-13/h3-10H2,1-2H3,(H2,14,19). The second-order valence-electron chi connectivity index (χ2n) is 4.93. The van der Waals surface area contributed by atoms with Crippen LogP contribution >= 0.6 is 12.2 Å². The highest BCUT2D eigenvalue weighted by atomic mass is 32.1. The third kappa shape index (κ3) is 3.87. The first-order valence-electron chi connectivity index (χ1n) is 6.65. The molecule has 0 aromatic heterocycles. The molecule has 0 radical (unpaired) electrons. The van der Waals surface area contributed by atoms with Gasteiger partial charge < -0.3 is 20.1 Å². The van der Waals surface area contributed by atoms with Gasteiger partial charge >= 0.3 is 0 Å².